The number of nitrogens with zero attached hydrogens (tertiary/aromatic N) is 2. The zero-order chi connectivity index (χ0) is 27.9. The Labute approximate surface area is 236 Å². The van der Waals surface area contributed by atoms with Crippen LogP contribution in [0.1, 0.15) is 63.0 Å². The minimum atomic E-state index is -3.68. The van der Waals surface area contributed by atoms with Gasteiger partial charge in [0.2, 0.25) is 21.8 Å². The molecule has 38 heavy (non-hydrogen) atoms. The van der Waals surface area contributed by atoms with Gasteiger partial charge < -0.3 is 10.2 Å². The summed E-state index contributed by atoms with van der Waals surface area (Å²) in [6.45, 7) is 4.24. The molecule has 0 saturated heterocycles. The molecule has 1 N–H and O–H groups in total. The van der Waals surface area contributed by atoms with Crippen molar-refractivity contribution in [2.24, 2.45) is 0 Å². The van der Waals surface area contributed by atoms with Crippen molar-refractivity contribution in [3.8, 4) is 0 Å². The van der Waals surface area contributed by atoms with Crippen LogP contribution in [0.15, 0.2) is 42.5 Å². The fourth-order valence-corrected chi connectivity index (χ4v) is 6.32. The third-order valence-corrected chi connectivity index (χ3v) is 8.75. The summed E-state index contributed by atoms with van der Waals surface area (Å²) in [5.41, 5.74) is 2.28. The summed E-state index contributed by atoms with van der Waals surface area (Å²) < 4.78 is 26.3. The number of benzene rings is 2. The highest BCUT2D eigenvalue weighted by atomic mass is 35.5. The Hall–Kier alpha value is -2.29. The van der Waals surface area contributed by atoms with E-state index in [1.165, 1.54) is 10.4 Å². The van der Waals surface area contributed by atoms with Crippen LogP contribution < -0.4 is 9.62 Å². The molecule has 0 spiro atoms. The van der Waals surface area contributed by atoms with E-state index in [0.717, 1.165) is 43.1 Å². The van der Waals surface area contributed by atoms with Crippen LogP contribution in [0.25, 0.3) is 0 Å². The van der Waals surface area contributed by atoms with Crippen LogP contribution >= 0.6 is 23.2 Å². The number of amides is 2. The van der Waals surface area contributed by atoms with E-state index in [-0.39, 0.29) is 48.0 Å². The van der Waals surface area contributed by atoms with Crippen LogP contribution in [0.2, 0.25) is 10.0 Å². The van der Waals surface area contributed by atoms with Crippen LogP contribution in [0.4, 0.5) is 5.69 Å². The normalized spacial score (nSPS) is 14.8. The summed E-state index contributed by atoms with van der Waals surface area (Å²) in [6.07, 6.45) is 6.01. The van der Waals surface area contributed by atoms with Crippen molar-refractivity contribution in [3.05, 3.63) is 63.6 Å². The van der Waals surface area contributed by atoms with E-state index >= 15 is 0 Å². The van der Waals surface area contributed by atoms with Crippen LogP contribution in [-0.4, -0.2) is 50.0 Å². The highest BCUT2D eigenvalue weighted by Gasteiger charge is 2.31. The third kappa shape index (κ3) is 8.10. The lowest BCUT2D eigenvalue weighted by atomic mass is 10.0. The van der Waals surface area contributed by atoms with E-state index in [1.54, 1.807) is 17.0 Å². The van der Waals surface area contributed by atoms with Gasteiger partial charge in [-0.05, 0) is 61.9 Å². The Morgan fingerprint density at radius 2 is 1.79 bits per heavy atom. The molecule has 3 rings (SSSR count). The molecule has 1 fully saturated rings. The van der Waals surface area contributed by atoms with Gasteiger partial charge in [-0.2, -0.15) is 0 Å². The molecule has 7 nitrogen and oxygen atoms in total. The molecule has 1 atom stereocenters. The van der Waals surface area contributed by atoms with Gasteiger partial charge in [-0.1, -0.05) is 67.2 Å². The maximum Gasteiger partial charge on any atom is 0.243 e. The van der Waals surface area contributed by atoms with Crippen molar-refractivity contribution in [2.45, 2.75) is 77.4 Å². The number of hydrogen-bond donors (Lipinski definition) is 1. The molecule has 1 saturated carbocycles. The van der Waals surface area contributed by atoms with Gasteiger partial charge in [-0.25, -0.2) is 8.42 Å². The number of sulfonamides is 1. The predicted molar refractivity (Wildman–Crippen MR) is 154 cm³/mol. The minimum absolute atomic E-state index is 0.0495. The fraction of sp³-hybridized carbons (Fsp3) is 0.500. The molecule has 2 amide bonds. The molecular formula is C28H37Cl2N3O4S. The molecule has 1 aliphatic rings. The van der Waals surface area contributed by atoms with E-state index in [9.17, 15) is 18.0 Å². The maximum absolute atomic E-state index is 13.6. The second-order valence-electron chi connectivity index (χ2n) is 9.90. The summed E-state index contributed by atoms with van der Waals surface area (Å²) in [7, 11) is -3.68. The first kappa shape index (κ1) is 30.3. The number of nitrogens with one attached hydrogen (secondary N) is 1. The smallest absolute Gasteiger partial charge is 0.243 e. The predicted octanol–water partition coefficient (Wildman–Crippen LogP) is 5.71. The highest BCUT2D eigenvalue weighted by Crippen LogP contribution is 2.31. The largest absolute Gasteiger partial charge is 0.352 e. The molecule has 1 aliphatic carbocycles. The minimum Gasteiger partial charge on any atom is -0.352 e. The molecule has 0 aliphatic heterocycles. The van der Waals surface area contributed by atoms with Gasteiger partial charge in [0.15, 0.2) is 0 Å². The average Bonchev–Trinajstić information content (AvgIpc) is 3.36. The molecule has 208 valence electrons. The molecule has 2 aromatic carbocycles. The molecule has 10 heteroatoms. The second kappa shape index (κ2) is 13.7. The lowest BCUT2D eigenvalue weighted by Gasteiger charge is -2.32. The Kier molecular flexibility index (Phi) is 10.9. The highest BCUT2D eigenvalue weighted by molar-refractivity contribution is 7.92. The fourth-order valence-electron chi connectivity index (χ4n) is 4.92. The Morgan fingerprint density at radius 3 is 2.42 bits per heavy atom. The van der Waals surface area contributed by atoms with Crippen molar-refractivity contribution in [1.29, 1.82) is 0 Å². The van der Waals surface area contributed by atoms with Gasteiger partial charge in [-0.3, -0.25) is 13.9 Å². The first-order valence-electron chi connectivity index (χ1n) is 13.1. The number of carbonyl (C=O) groups excluding carboxylic acids is 2. The van der Waals surface area contributed by atoms with Crippen molar-refractivity contribution >= 4 is 50.7 Å². The summed E-state index contributed by atoms with van der Waals surface area (Å²) in [4.78, 5) is 28.6. The quantitative estimate of drug-likeness (QED) is 0.347. The third-order valence-electron chi connectivity index (χ3n) is 7.02. The molecule has 0 radical (unpaired) electrons. The van der Waals surface area contributed by atoms with Crippen LogP contribution in [0, 0.1) is 6.92 Å². The van der Waals surface area contributed by atoms with Crippen molar-refractivity contribution in [2.75, 3.05) is 17.1 Å². The first-order valence-corrected chi connectivity index (χ1v) is 15.7. The van der Waals surface area contributed by atoms with Gasteiger partial charge in [0.1, 0.15) is 6.04 Å². The zero-order valence-electron chi connectivity index (χ0n) is 22.3. The van der Waals surface area contributed by atoms with Gasteiger partial charge in [-0.15, -0.1) is 0 Å². The van der Waals surface area contributed by atoms with Gasteiger partial charge in [0, 0.05) is 30.6 Å². The Bertz CT molecular complexity index is 1230. The number of hydrogen-bond acceptors (Lipinski definition) is 4. The summed E-state index contributed by atoms with van der Waals surface area (Å²) >= 11 is 12.4. The second-order valence-corrected chi connectivity index (χ2v) is 12.6. The average molecular weight is 583 g/mol. The molecule has 2 aromatic rings. The summed E-state index contributed by atoms with van der Waals surface area (Å²) in [5, 5.41) is 3.76. The van der Waals surface area contributed by atoms with Gasteiger partial charge in [0.25, 0.3) is 0 Å². The number of rotatable bonds is 12. The van der Waals surface area contributed by atoms with Crippen LogP contribution in [0.3, 0.4) is 0 Å². The summed E-state index contributed by atoms with van der Waals surface area (Å²) in [6, 6.07) is 12.0. The Balaban J connectivity index is 1.79. The number of carbonyl (C=O) groups is 2. The van der Waals surface area contributed by atoms with E-state index in [0.29, 0.717) is 18.0 Å². The number of anilines is 1. The van der Waals surface area contributed by atoms with Crippen LogP contribution in [0.5, 0.6) is 0 Å². The van der Waals surface area contributed by atoms with Crippen molar-refractivity contribution in [3.63, 3.8) is 0 Å². The Morgan fingerprint density at radius 1 is 1.11 bits per heavy atom. The monoisotopic (exact) mass is 581 g/mol. The number of aryl methyl sites for hydroxylation is 1. The summed E-state index contributed by atoms with van der Waals surface area (Å²) in [5.74, 6) is -0.336. The van der Waals surface area contributed by atoms with Gasteiger partial charge >= 0.3 is 0 Å². The maximum atomic E-state index is 13.6. The molecule has 0 unspecified atom stereocenters. The zero-order valence-corrected chi connectivity index (χ0v) is 24.6. The molecule has 0 bridgehead atoms. The number of halogens is 2. The lowest BCUT2D eigenvalue weighted by Crippen LogP contribution is -2.51. The van der Waals surface area contributed by atoms with Crippen molar-refractivity contribution < 1.29 is 18.0 Å². The van der Waals surface area contributed by atoms with E-state index in [2.05, 4.69) is 5.32 Å². The standard InChI is InChI=1S/C28H37Cl2N3O4S/c1-4-25(28(35)31-23-12-7-8-13-23)32(19-21-11-6-5-10-20(21)2)27(34)14-9-17-33(38(3,36)37)26-18-22(29)15-16-24(26)30/h5-6,10-11,15-16,18,23,25H,4,7-9,12-14,17,19H2,1-3H3,(H,31,35)/t25-/m1/s1. The molecule has 0 aromatic heterocycles. The van der Waals surface area contributed by atoms with Crippen molar-refractivity contribution in [1.82, 2.24) is 10.2 Å². The topological polar surface area (TPSA) is 86.8 Å². The van der Waals surface area contributed by atoms with Gasteiger partial charge in [0.05, 0.1) is 17.0 Å². The SMILES string of the molecule is CC[C@H](C(=O)NC1CCCC1)N(Cc1ccccc1C)C(=O)CCCN(c1cc(Cl)ccc1Cl)S(C)(=O)=O. The van der Waals surface area contributed by atoms with E-state index in [1.807, 2.05) is 38.1 Å². The lowest BCUT2D eigenvalue weighted by molar-refractivity contribution is -0.141. The molecular weight excluding hydrogens is 545 g/mol. The van der Waals surface area contributed by atoms with E-state index < -0.39 is 16.1 Å². The first-order chi connectivity index (χ1) is 18.0. The van der Waals surface area contributed by atoms with E-state index in [4.69, 9.17) is 23.2 Å². The van der Waals surface area contributed by atoms with Crippen LogP contribution in [-0.2, 0) is 26.2 Å². The molecule has 0 heterocycles.